The minimum Gasteiger partial charge on any atom is -0.360 e. The molecule has 6 heteroatoms. The quantitative estimate of drug-likeness (QED) is 0.647. The van der Waals surface area contributed by atoms with Crippen LogP contribution in [0.4, 0.5) is 11.6 Å². The van der Waals surface area contributed by atoms with Crippen molar-refractivity contribution in [2.45, 2.75) is 33.7 Å². The van der Waals surface area contributed by atoms with Gasteiger partial charge in [0.05, 0.1) is 0 Å². The number of rotatable bonds is 3. The average molecular weight is 238 g/mol. The van der Waals surface area contributed by atoms with E-state index in [1.54, 1.807) is 11.6 Å². The molecule has 0 radical (unpaired) electrons. The van der Waals surface area contributed by atoms with Crippen molar-refractivity contribution in [2.24, 2.45) is 17.9 Å². The predicted molar refractivity (Wildman–Crippen MR) is 64.8 cm³/mol. The SMILES string of the molecule is Cn1cnc([N+](=O)[O-])c1NC1C(C)(C)C1(C)C. The van der Waals surface area contributed by atoms with Gasteiger partial charge in [-0.2, -0.15) is 0 Å². The van der Waals surface area contributed by atoms with Crippen molar-refractivity contribution in [3.8, 4) is 0 Å². The molecule has 0 amide bonds. The van der Waals surface area contributed by atoms with Crippen LogP contribution in [0.2, 0.25) is 0 Å². The molecule has 1 aliphatic carbocycles. The van der Waals surface area contributed by atoms with Gasteiger partial charge in [-0.3, -0.25) is 4.57 Å². The zero-order valence-electron chi connectivity index (χ0n) is 10.8. The van der Waals surface area contributed by atoms with E-state index in [1.165, 1.54) is 6.33 Å². The fourth-order valence-electron chi connectivity index (χ4n) is 2.41. The minimum atomic E-state index is -0.454. The van der Waals surface area contributed by atoms with Gasteiger partial charge in [0.15, 0.2) is 0 Å². The number of nitro groups is 1. The number of nitrogens with zero attached hydrogens (tertiary/aromatic N) is 3. The Bertz CT molecular complexity index is 462. The van der Waals surface area contributed by atoms with Gasteiger partial charge in [0.25, 0.3) is 0 Å². The number of anilines is 1. The molecule has 1 aromatic rings. The van der Waals surface area contributed by atoms with E-state index in [9.17, 15) is 10.1 Å². The van der Waals surface area contributed by atoms with Crippen molar-refractivity contribution >= 4 is 11.6 Å². The first-order valence-corrected chi connectivity index (χ1v) is 5.62. The van der Waals surface area contributed by atoms with Crippen LogP contribution in [0, 0.1) is 20.9 Å². The summed E-state index contributed by atoms with van der Waals surface area (Å²) in [6, 6.07) is 0.226. The van der Waals surface area contributed by atoms with Crippen LogP contribution in [0.1, 0.15) is 27.7 Å². The highest BCUT2D eigenvalue weighted by atomic mass is 16.6. The summed E-state index contributed by atoms with van der Waals surface area (Å²) >= 11 is 0. The van der Waals surface area contributed by atoms with Crippen LogP contribution < -0.4 is 5.32 Å². The van der Waals surface area contributed by atoms with Crippen molar-refractivity contribution < 1.29 is 4.92 Å². The predicted octanol–water partition coefficient (Wildman–Crippen LogP) is 2.17. The first kappa shape index (κ1) is 11.9. The van der Waals surface area contributed by atoms with Crippen molar-refractivity contribution in [3.63, 3.8) is 0 Å². The highest BCUT2D eigenvalue weighted by Gasteiger charge is 2.65. The number of aryl methyl sites for hydroxylation is 1. The molecule has 0 aliphatic heterocycles. The van der Waals surface area contributed by atoms with Crippen molar-refractivity contribution in [1.82, 2.24) is 9.55 Å². The minimum absolute atomic E-state index is 0.106. The lowest BCUT2D eigenvalue weighted by Crippen LogP contribution is -2.13. The van der Waals surface area contributed by atoms with Crippen LogP contribution >= 0.6 is 0 Å². The molecule has 1 N–H and O–H groups in total. The topological polar surface area (TPSA) is 73.0 Å². The van der Waals surface area contributed by atoms with Crippen LogP contribution in [0.3, 0.4) is 0 Å². The fourth-order valence-corrected chi connectivity index (χ4v) is 2.41. The van der Waals surface area contributed by atoms with Gasteiger partial charge < -0.3 is 15.4 Å². The summed E-state index contributed by atoms with van der Waals surface area (Å²) in [5.74, 6) is 0.379. The van der Waals surface area contributed by atoms with E-state index in [4.69, 9.17) is 0 Å². The van der Waals surface area contributed by atoms with Crippen molar-refractivity contribution in [2.75, 3.05) is 5.32 Å². The van der Waals surface area contributed by atoms with E-state index < -0.39 is 4.92 Å². The van der Waals surface area contributed by atoms with E-state index in [0.29, 0.717) is 5.82 Å². The third kappa shape index (κ3) is 1.50. The highest BCUT2D eigenvalue weighted by molar-refractivity contribution is 5.55. The molecule has 0 aromatic carbocycles. The Hall–Kier alpha value is -1.59. The molecular weight excluding hydrogens is 220 g/mol. The molecule has 2 rings (SSSR count). The third-order valence-corrected chi connectivity index (χ3v) is 4.39. The van der Waals surface area contributed by atoms with Gasteiger partial charge in [0.1, 0.15) is 0 Å². The number of hydrogen-bond donors (Lipinski definition) is 1. The Labute approximate surface area is 100 Å². The second-order valence-corrected chi connectivity index (χ2v) is 5.81. The molecule has 0 atom stereocenters. The summed E-state index contributed by atoms with van der Waals surface area (Å²) in [4.78, 5) is 14.2. The van der Waals surface area contributed by atoms with E-state index >= 15 is 0 Å². The van der Waals surface area contributed by atoms with Gasteiger partial charge in [-0.05, 0) is 20.7 Å². The zero-order valence-corrected chi connectivity index (χ0v) is 10.8. The molecule has 1 fully saturated rings. The Morgan fingerprint density at radius 1 is 1.41 bits per heavy atom. The molecular formula is C11H18N4O2. The monoisotopic (exact) mass is 238 g/mol. The number of nitrogens with one attached hydrogen (secondary N) is 1. The number of aromatic nitrogens is 2. The summed E-state index contributed by atoms with van der Waals surface area (Å²) in [5.41, 5.74) is 0.260. The molecule has 0 spiro atoms. The molecule has 6 nitrogen and oxygen atoms in total. The lowest BCUT2D eigenvalue weighted by Gasteiger charge is -2.07. The van der Waals surface area contributed by atoms with Gasteiger partial charge in [-0.25, -0.2) is 0 Å². The van der Waals surface area contributed by atoms with Gasteiger partial charge >= 0.3 is 5.82 Å². The van der Waals surface area contributed by atoms with Gasteiger partial charge in [-0.15, -0.1) is 0 Å². The summed E-state index contributed by atoms with van der Waals surface area (Å²) in [6.45, 7) is 8.64. The van der Waals surface area contributed by atoms with Crippen LogP contribution in [0.5, 0.6) is 0 Å². The van der Waals surface area contributed by atoms with E-state index in [-0.39, 0.29) is 22.7 Å². The third-order valence-electron chi connectivity index (χ3n) is 4.39. The molecule has 17 heavy (non-hydrogen) atoms. The Morgan fingerprint density at radius 3 is 2.35 bits per heavy atom. The molecule has 0 unspecified atom stereocenters. The maximum atomic E-state index is 10.8. The van der Waals surface area contributed by atoms with Crippen LogP contribution in [0.25, 0.3) is 0 Å². The molecule has 1 aliphatic rings. The normalized spacial score (nSPS) is 21.2. The molecule has 1 saturated carbocycles. The number of hydrogen-bond acceptors (Lipinski definition) is 4. The van der Waals surface area contributed by atoms with Gasteiger partial charge in [0.2, 0.25) is 12.1 Å². The largest absolute Gasteiger partial charge is 0.406 e. The highest BCUT2D eigenvalue weighted by Crippen LogP contribution is 2.63. The van der Waals surface area contributed by atoms with Gasteiger partial charge in [-0.1, -0.05) is 27.7 Å². The van der Waals surface area contributed by atoms with E-state index in [0.717, 1.165) is 0 Å². The van der Waals surface area contributed by atoms with E-state index in [2.05, 4.69) is 38.0 Å². The maximum Gasteiger partial charge on any atom is 0.406 e. The van der Waals surface area contributed by atoms with Crippen molar-refractivity contribution in [3.05, 3.63) is 16.4 Å². The molecule has 1 aromatic heterocycles. The second kappa shape index (κ2) is 3.21. The average Bonchev–Trinajstić information content (AvgIpc) is 2.51. The summed E-state index contributed by atoms with van der Waals surface area (Å²) in [5, 5.41) is 14.1. The Morgan fingerprint density at radius 2 is 1.94 bits per heavy atom. The lowest BCUT2D eigenvalue weighted by molar-refractivity contribution is -0.388. The van der Waals surface area contributed by atoms with Crippen molar-refractivity contribution in [1.29, 1.82) is 0 Å². The standard InChI is InChI=1S/C11H18N4O2/c1-10(2)9(11(10,3)4)13-8-7(15(16)17)12-6-14(8)5/h6,9,13H,1-5H3. The fraction of sp³-hybridized carbons (Fsp3) is 0.727. The summed E-state index contributed by atoms with van der Waals surface area (Å²) < 4.78 is 1.66. The number of imidazole rings is 1. The molecule has 0 saturated heterocycles. The zero-order chi connectivity index (χ0) is 13.0. The van der Waals surface area contributed by atoms with Gasteiger partial charge in [0, 0.05) is 13.1 Å². The molecule has 1 heterocycles. The lowest BCUT2D eigenvalue weighted by atomic mass is 10.0. The second-order valence-electron chi connectivity index (χ2n) is 5.81. The molecule has 0 bridgehead atoms. The molecule has 94 valence electrons. The summed E-state index contributed by atoms with van der Waals surface area (Å²) in [6.07, 6.45) is 1.46. The maximum absolute atomic E-state index is 10.8. The first-order valence-electron chi connectivity index (χ1n) is 5.62. The Balaban J connectivity index is 2.27. The van der Waals surface area contributed by atoms with Crippen LogP contribution in [-0.4, -0.2) is 20.5 Å². The Kier molecular flexibility index (Phi) is 2.24. The first-order chi connectivity index (χ1) is 7.69. The van der Waals surface area contributed by atoms with Crippen LogP contribution in [-0.2, 0) is 7.05 Å². The summed E-state index contributed by atoms with van der Waals surface area (Å²) in [7, 11) is 1.75. The van der Waals surface area contributed by atoms with Crippen LogP contribution in [0.15, 0.2) is 6.33 Å². The van der Waals surface area contributed by atoms with E-state index in [1.807, 2.05) is 0 Å². The smallest absolute Gasteiger partial charge is 0.360 e.